The fraction of sp³-hybridized carbons (Fsp3) is 0.545. The van der Waals surface area contributed by atoms with Crippen LogP contribution in [0.15, 0.2) is 34.0 Å². The summed E-state index contributed by atoms with van der Waals surface area (Å²) < 4.78 is 34.8. The lowest BCUT2D eigenvalue weighted by Crippen LogP contribution is -2.40. The maximum Gasteiger partial charge on any atom is 0.267 e. The standard InChI is InChI=1S/C22H27N3O4S/c26-22-14-17-3-1-2-4-20(17)23-25(22)15-16-7-10-24(11-8-16)30(27,28)19-5-6-21-18(13-19)9-12-29-21/h5-6,13-14,16H,1-4,7-12,15H2. The Balaban J connectivity index is 1.26. The third kappa shape index (κ3) is 3.67. The highest BCUT2D eigenvalue weighted by atomic mass is 32.2. The highest BCUT2D eigenvalue weighted by Gasteiger charge is 2.31. The first-order valence-corrected chi connectivity index (χ1v) is 12.3. The van der Waals surface area contributed by atoms with Gasteiger partial charge in [-0.15, -0.1) is 0 Å². The molecule has 1 saturated heterocycles. The summed E-state index contributed by atoms with van der Waals surface area (Å²) in [6.45, 7) is 2.12. The molecule has 8 heteroatoms. The fourth-order valence-electron chi connectivity index (χ4n) is 4.78. The number of hydrogen-bond acceptors (Lipinski definition) is 5. The number of aryl methyl sites for hydroxylation is 2. The molecule has 2 aromatic rings. The summed E-state index contributed by atoms with van der Waals surface area (Å²) in [6, 6.07) is 6.90. The van der Waals surface area contributed by atoms with Crippen molar-refractivity contribution in [2.24, 2.45) is 5.92 Å². The van der Waals surface area contributed by atoms with Gasteiger partial charge < -0.3 is 4.74 Å². The Kier molecular flexibility index (Phi) is 5.14. The number of piperidine rings is 1. The van der Waals surface area contributed by atoms with E-state index in [1.807, 2.05) is 0 Å². The average molecular weight is 430 g/mol. The molecular formula is C22H27N3O4S. The van der Waals surface area contributed by atoms with Gasteiger partial charge in [-0.3, -0.25) is 4.79 Å². The zero-order valence-electron chi connectivity index (χ0n) is 17.0. The molecule has 3 aliphatic rings. The first-order chi connectivity index (χ1) is 14.5. The summed E-state index contributed by atoms with van der Waals surface area (Å²) in [5, 5.41) is 4.62. The van der Waals surface area contributed by atoms with Crippen molar-refractivity contribution in [1.82, 2.24) is 14.1 Å². The van der Waals surface area contributed by atoms with Crippen LogP contribution in [0.25, 0.3) is 0 Å². The van der Waals surface area contributed by atoms with Gasteiger partial charge >= 0.3 is 0 Å². The topological polar surface area (TPSA) is 81.5 Å². The second-order valence-electron chi connectivity index (χ2n) is 8.56. The third-order valence-corrected chi connectivity index (χ3v) is 8.47. The van der Waals surface area contributed by atoms with Crippen molar-refractivity contribution in [2.45, 2.75) is 56.4 Å². The minimum absolute atomic E-state index is 0.0361. The van der Waals surface area contributed by atoms with Gasteiger partial charge in [0.25, 0.3) is 5.56 Å². The largest absolute Gasteiger partial charge is 0.493 e. The average Bonchev–Trinajstić information content (AvgIpc) is 3.23. The number of ether oxygens (including phenoxy) is 1. The minimum Gasteiger partial charge on any atom is -0.493 e. The zero-order chi connectivity index (χ0) is 20.7. The second kappa shape index (κ2) is 7.81. The second-order valence-corrected chi connectivity index (χ2v) is 10.5. The van der Waals surface area contributed by atoms with Gasteiger partial charge in [-0.25, -0.2) is 13.1 Å². The molecule has 5 rings (SSSR count). The van der Waals surface area contributed by atoms with Crippen molar-refractivity contribution in [3.05, 3.63) is 51.4 Å². The number of aromatic nitrogens is 2. The lowest BCUT2D eigenvalue weighted by Gasteiger charge is -2.31. The lowest BCUT2D eigenvalue weighted by atomic mass is 9.96. The van der Waals surface area contributed by atoms with Crippen LogP contribution in [-0.4, -0.2) is 42.2 Å². The van der Waals surface area contributed by atoms with E-state index in [1.165, 1.54) is 0 Å². The van der Waals surface area contributed by atoms with E-state index in [-0.39, 0.29) is 11.5 Å². The zero-order valence-corrected chi connectivity index (χ0v) is 17.9. The number of fused-ring (bicyclic) bond motifs is 2. The summed E-state index contributed by atoms with van der Waals surface area (Å²) in [4.78, 5) is 12.8. The molecular weight excluding hydrogens is 402 g/mol. The van der Waals surface area contributed by atoms with Gasteiger partial charge in [0.2, 0.25) is 10.0 Å². The van der Waals surface area contributed by atoms with Gasteiger partial charge in [-0.05, 0) is 73.8 Å². The van der Waals surface area contributed by atoms with E-state index in [0.717, 1.165) is 67.5 Å². The fourth-order valence-corrected chi connectivity index (χ4v) is 6.30. The van der Waals surface area contributed by atoms with Crippen LogP contribution in [-0.2, 0) is 35.8 Å². The van der Waals surface area contributed by atoms with Crippen molar-refractivity contribution < 1.29 is 13.2 Å². The van der Waals surface area contributed by atoms with Gasteiger partial charge in [0.1, 0.15) is 5.75 Å². The number of benzene rings is 1. The van der Waals surface area contributed by atoms with E-state index in [2.05, 4.69) is 5.10 Å². The normalized spacial score (nSPS) is 19.9. The van der Waals surface area contributed by atoms with E-state index in [1.54, 1.807) is 33.3 Å². The van der Waals surface area contributed by atoms with Crippen LogP contribution in [0.4, 0.5) is 0 Å². The summed E-state index contributed by atoms with van der Waals surface area (Å²) >= 11 is 0. The van der Waals surface area contributed by atoms with Crippen LogP contribution in [0, 0.1) is 5.92 Å². The Bertz CT molecular complexity index is 1120. The molecule has 1 fully saturated rings. The predicted molar refractivity (Wildman–Crippen MR) is 112 cm³/mol. The van der Waals surface area contributed by atoms with Crippen molar-refractivity contribution in [1.29, 1.82) is 0 Å². The SMILES string of the molecule is O=c1cc2c(nn1CC1CCN(S(=O)(=O)c3ccc4c(c3)CCO4)CC1)CCCC2. The molecule has 3 heterocycles. The van der Waals surface area contributed by atoms with E-state index in [9.17, 15) is 13.2 Å². The molecule has 0 radical (unpaired) electrons. The van der Waals surface area contributed by atoms with E-state index in [0.29, 0.717) is 31.1 Å². The Labute approximate surface area is 176 Å². The van der Waals surface area contributed by atoms with E-state index >= 15 is 0 Å². The van der Waals surface area contributed by atoms with Crippen LogP contribution < -0.4 is 10.3 Å². The van der Waals surface area contributed by atoms with Crippen molar-refractivity contribution >= 4 is 10.0 Å². The number of rotatable bonds is 4. The molecule has 160 valence electrons. The van der Waals surface area contributed by atoms with Crippen LogP contribution >= 0.6 is 0 Å². The first-order valence-electron chi connectivity index (χ1n) is 10.9. The molecule has 30 heavy (non-hydrogen) atoms. The number of nitrogens with zero attached hydrogens (tertiary/aromatic N) is 3. The van der Waals surface area contributed by atoms with E-state index in [4.69, 9.17) is 4.74 Å². The van der Waals surface area contributed by atoms with Crippen LogP contribution in [0.5, 0.6) is 5.75 Å². The highest BCUT2D eigenvalue weighted by Crippen LogP contribution is 2.30. The molecule has 0 atom stereocenters. The van der Waals surface area contributed by atoms with Crippen LogP contribution in [0.3, 0.4) is 0 Å². The molecule has 0 bridgehead atoms. The maximum atomic E-state index is 13.1. The molecule has 0 N–H and O–H groups in total. The van der Waals surface area contributed by atoms with Crippen LogP contribution in [0.1, 0.15) is 42.5 Å². The van der Waals surface area contributed by atoms with Crippen molar-refractivity contribution in [3.8, 4) is 5.75 Å². The predicted octanol–water partition coefficient (Wildman–Crippen LogP) is 2.16. The quantitative estimate of drug-likeness (QED) is 0.744. The molecule has 0 unspecified atom stereocenters. The summed E-state index contributed by atoms with van der Waals surface area (Å²) in [7, 11) is -3.51. The van der Waals surface area contributed by atoms with Gasteiger partial charge in [-0.1, -0.05) is 0 Å². The third-order valence-electron chi connectivity index (χ3n) is 6.58. The Morgan fingerprint density at radius 3 is 2.67 bits per heavy atom. The molecule has 7 nitrogen and oxygen atoms in total. The summed E-state index contributed by atoms with van der Waals surface area (Å²) in [6.07, 6.45) is 6.37. The molecule has 2 aliphatic heterocycles. The molecule has 1 aliphatic carbocycles. The smallest absolute Gasteiger partial charge is 0.267 e. The molecule has 0 amide bonds. The Morgan fingerprint density at radius 1 is 1.03 bits per heavy atom. The van der Waals surface area contributed by atoms with Crippen LogP contribution in [0.2, 0.25) is 0 Å². The summed E-state index contributed by atoms with van der Waals surface area (Å²) in [5.41, 5.74) is 3.08. The number of sulfonamides is 1. The molecule has 0 saturated carbocycles. The van der Waals surface area contributed by atoms with Gasteiger partial charge in [0.15, 0.2) is 0 Å². The van der Waals surface area contributed by atoms with E-state index < -0.39 is 10.0 Å². The molecule has 1 aromatic heterocycles. The Morgan fingerprint density at radius 2 is 1.83 bits per heavy atom. The van der Waals surface area contributed by atoms with Gasteiger partial charge in [0, 0.05) is 32.1 Å². The summed E-state index contributed by atoms with van der Waals surface area (Å²) in [5.74, 6) is 1.05. The minimum atomic E-state index is -3.51. The monoisotopic (exact) mass is 429 g/mol. The number of hydrogen-bond donors (Lipinski definition) is 0. The van der Waals surface area contributed by atoms with Gasteiger partial charge in [0.05, 0.1) is 17.2 Å². The molecule has 1 aromatic carbocycles. The van der Waals surface area contributed by atoms with Gasteiger partial charge in [-0.2, -0.15) is 9.40 Å². The first kappa shape index (κ1) is 19.8. The maximum absolute atomic E-state index is 13.1. The highest BCUT2D eigenvalue weighted by molar-refractivity contribution is 7.89. The molecule has 0 spiro atoms. The lowest BCUT2D eigenvalue weighted by molar-refractivity contribution is 0.243. The van der Waals surface area contributed by atoms with Crippen molar-refractivity contribution in [3.63, 3.8) is 0 Å². The van der Waals surface area contributed by atoms with Crippen molar-refractivity contribution in [2.75, 3.05) is 19.7 Å². The Hall–Kier alpha value is -2.19.